The SMILES string of the molecule is Cc1cc(NC(=O)c2ccco2)sc1C(=O)NC(C)(C)c1ccc(F)cc1Cl. The zero-order chi connectivity index (χ0) is 20.5. The van der Waals surface area contributed by atoms with Crippen LogP contribution in [0, 0.1) is 12.7 Å². The van der Waals surface area contributed by atoms with Gasteiger partial charge in [-0.1, -0.05) is 17.7 Å². The lowest BCUT2D eigenvalue weighted by Gasteiger charge is -2.27. The summed E-state index contributed by atoms with van der Waals surface area (Å²) in [7, 11) is 0. The second-order valence-corrected chi connectivity index (χ2v) is 8.22. The van der Waals surface area contributed by atoms with Crippen molar-refractivity contribution in [1.82, 2.24) is 5.32 Å². The standard InChI is InChI=1S/C20H18ClFN2O3S/c1-11-9-16(23-18(25)15-5-4-8-27-15)28-17(11)19(26)24-20(2,3)13-7-6-12(22)10-14(13)21/h4-10H,1-3H3,(H,23,25)(H,24,26). The molecule has 28 heavy (non-hydrogen) atoms. The molecule has 3 aromatic rings. The first-order valence-corrected chi connectivity index (χ1v) is 9.60. The van der Waals surface area contributed by atoms with Crippen molar-refractivity contribution in [3.63, 3.8) is 0 Å². The Labute approximate surface area is 170 Å². The van der Waals surface area contributed by atoms with E-state index in [4.69, 9.17) is 16.0 Å². The van der Waals surface area contributed by atoms with Gasteiger partial charge in [0, 0.05) is 5.02 Å². The quantitative estimate of drug-likeness (QED) is 0.583. The molecule has 2 heterocycles. The number of thiophene rings is 1. The first kappa shape index (κ1) is 20.1. The zero-order valence-electron chi connectivity index (χ0n) is 15.4. The molecule has 0 saturated carbocycles. The van der Waals surface area contributed by atoms with Gasteiger partial charge in [0.1, 0.15) is 5.82 Å². The van der Waals surface area contributed by atoms with Gasteiger partial charge in [-0.3, -0.25) is 9.59 Å². The van der Waals surface area contributed by atoms with E-state index in [0.717, 1.165) is 16.9 Å². The van der Waals surface area contributed by atoms with Gasteiger partial charge in [-0.15, -0.1) is 11.3 Å². The summed E-state index contributed by atoms with van der Waals surface area (Å²) in [6.07, 6.45) is 1.41. The highest BCUT2D eigenvalue weighted by molar-refractivity contribution is 7.18. The molecule has 0 bridgehead atoms. The first-order chi connectivity index (χ1) is 13.2. The third kappa shape index (κ3) is 4.26. The predicted octanol–water partition coefficient (Wildman–Crippen LogP) is 5.36. The third-order valence-electron chi connectivity index (χ3n) is 4.14. The second kappa shape index (κ2) is 7.77. The van der Waals surface area contributed by atoms with E-state index < -0.39 is 17.3 Å². The summed E-state index contributed by atoms with van der Waals surface area (Å²) >= 11 is 7.30. The van der Waals surface area contributed by atoms with Crippen LogP contribution in [0.5, 0.6) is 0 Å². The lowest BCUT2D eigenvalue weighted by atomic mass is 9.94. The fourth-order valence-electron chi connectivity index (χ4n) is 2.75. The first-order valence-electron chi connectivity index (χ1n) is 8.41. The molecule has 146 valence electrons. The van der Waals surface area contributed by atoms with Gasteiger partial charge in [0.25, 0.3) is 11.8 Å². The number of furan rings is 1. The van der Waals surface area contributed by atoms with Crippen molar-refractivity contribution < 1.29 is 18.4 Å². The van der Waals surface area contributed by atoms with Crippen LogP contribution in [-0.2, 0) is 5.54 Å². The Bertz CT molecular complexity index is 1030. The highest BCUT2D eigenvalue weighted by Crippen LogP contribution is 2.31. The Morgan fingerprint density at radius 2 is 1.93 bits per heavy atom. The number of hydrogen-bond acceptors (Lipinski definition) is 4. The molecule has 0 aliphatic rings. The van der Waals surface area contributed by atoms with Crippen LogP contribution in [0.2, 0.25) is 5.02 Å². The normalized spacial score (nSPS) is 11.3. The van der Waals surface area contributed by atoms with Gasteiger partial charge in [0.15, 0.2) is 5.76 Å². The average molecular weight is 421 g/mol. The number of benzene rings is 1. The smallest absolute Gasteiger partial charge is 0.291 e. The number of nitrogens with one attached hydrogen (secondary N) is 2. The van der Waals surface area contributed by atoms with Gasteiger partial charge < -0.3 is 15.1 Å². The van der Waals surface area contributed by atoms with Crippen molar-refractivity contribution in [3.05, 3.63) is 75.3 Å². The van der Waals surface area contributed by atoms with E-state index in [2.05, 4.69) is 10.6 Å². The van der Waals surface area contributed by atoms with E-state index in [-0.39, 0.29) is 16.7 Å². The largest absolute Gasteiger partial charge is 0.459 e. The highest BCUT2D eigenvalue weighted by Gasteiger charge is 2.27. The molecular formula is C20H18ClFN2O3S. The van der Waals surface area contributed by atoms with Gasteiger partial charge in [0.2, 0.25) is 0 Å². The maximum Gasteiger partial charge on any atom is 0.291 e. The summed E-state index contributed by atoms with van der Waals surface area (Å²) in [5.41, 5.74) is 0.498. The molecule has 0 unspecified atom stereocenters. The summed E-state index contributed by atoms with van der Waals surface area (Å²) in [5, 5.41) is 6.40. The summed E-state index contributed by atoms with van der Waals surface area (Å²) < 4.78 is 18.4. The van der Waals surface area contributed by atoms with Gasteiger partial charge in [-0.25, -0.2) is 4.39 Å². The van der Waals surface area contributed by atoms with Crippen LogP contribution in [0.15, 0.2) is 47.1 Å². The van der Waals surface area contributed by atoms with E-state index >= 15 is 0 Å². The van der Waals surface area contributed by atoms with Crippen LogP contribution in [0.3, 0.4) is 0 Å². The summed E-state index contributed by atoms with van der Waals surface area (Å²) in [4.78, 5) is 25.4. The zero-order valence-corrected chi connectivity index (χ0v) is 17.0. The van der Waals surface area contributed by atoms with Gasteiger partial charge in [-0.05, 0) is 62.2 Å². The van der Waals surface area contributed by atoms with E-state index in [1.165, 1.54) is 18.4 Å². The van der Waals surface area contributed by atoms with Crippen molar-refractivity contribution in [3.8, 4) is 0 Å². The monoisotopic (exact) mass is 420 g/mol. The minimum Gasteiger partial charge on any atom is -0.459 e. The number of halogens is 2. The van der Waals surface area contributed by atoms with Crippen molar-refractivity contribution in [2.45, 2.75) is 26.3 Å². The van der Waals surface area contributed by atoms with Gasteiger partial charge >= 0.3 is 0 Å². The van der Waals surface area contributed by atoms with Crippen LogP contribution in [0.4, 0.5) is 9.39 Å². The van der Waals surface area contributed by atoms with Gasteiger partial charge in [0.05, 0.1) is 21.7 Å². The lowest BCUT2D eigenvalue weighted by Crippen LogP contribution is -2.41. The van der Waals surface area contributed by atoms with Crippen molar-refractivity contribution >= 4 is 39.8 Å². The third-order valence-corrected chi connectivity index (χ3v) is 5.60. The van der Waals surface area contributed by atoms with Crippen LogP contribution in [0.1, 0.15) is 45.2 Å². The second-order valence-electron chi connectivity index (χ2n) is 6.76. The van der Waals surface area contributed by atoms with Crippen LogP contribution < -0.4 is 10.6 Å². The summed E-state index contributed by atoms with van der Waals surface area (Å²) in [6, 6.07) is 8.96. The molecule has 0 aliphatic heterocycles. The van der Waals surface area contributed by atoms with Crippen LogP contribution >= 0.6 is 22.9 Å². The van der Waals surface area contributed by atoms with E-state index in [1.54, 1.807) is 45.0 Å². The van der Waals surface area contributed by atoms with Crippen molar-refractivity contribution in [1.29, 1.82) is 0 Å². The number of hydrogen-bond donors (Lipinski definition) is 2. The molecule has 2 amide bonds. The molecule has 2 N–H and O–H groups in total. The Hall–Kier alpha value is -2.64. The molecule has 3 rings (SSSR count). The molecule has 0 spiro atoms. The lowest BCUT2D eigenvalue weighted by molar-refractivity contribution is 0.0915. The summed E-state index contributed by atoms with van der Waals surface area (Å²) in [5.74, 6) is -0.964. The number of anilines is 1. The molecule has 0 aliphatic carbocycles. The topological polar surface area (TPSA) is 71.3 Å². The van der Waals surface area contributed by atoms with E-state index in [9.17, 15) is 14.0 Å². The number of rotatable bonds is 5. The maximum atomic E-state index is 13.3. The van der Waals surface area contributed by atoms with Crippen LogP contribution in [-0.4, -0.2) is 11.8 Å². The molecule has 5 nitrogen and oxygen atoms in total. The highest BCUT2D eigenvalue weighted by atomic mass is 35.5. The molecule has 0 fully saturated rings. The number of carbonyl (C=O) groups excluding carboxylic acids is 2. The average Bonchev–Trinajstić information content (AvgIpc) is 3.23. The molecule has 0 atom stereocenters. The molecule has 0 saturated heterocycles. The van der Waals surface area contributed by atoms with Gasteiger partial charge in [-0.2, -0.15) is 0 Å². The minimum atomic E-state index is -0.824. The Balaban J connectivity index is 1.77. The molecule has 8 heteroatoms. The molecule has 2 aromatic heterocycles. The number of amides is 2. The van der Waals surface area contributed by atoms with Crippen LogP contribution in [0.25, 0.3) is 0 Å². The Morgan fingerprint density at radius 3 is 2.57 bits per heavy atom. The van der Waals surface area contributed by atoms with Crippen molar-refractivity contribution in [2.75, 3.05) is 5.32 Å². The maximum absolute atomic E-state index is 13.3. The predicted molar refractivity (Wildman–Crippen MR) is 108 cm³/mol. The molecular weight excluding hydrogens is 403 g/mol. The van der Waals surface area contributed by atoms with E-state index in [0.29, 0.717) is 15.4 Å². The molecule has 1 aromatic carbocycles. The number of carbonyl (C=O) groups is 2. The minimum absolute atomic E-state index is 0.184. The number of aryl methyl sites for hydroxylation is 1. The Kier molecular flexibility index (Phi) is 5.58. The Morgan fingerprint density at radius 1 is 1.18 bits per heavy atom. The van der Waals surface area contributed by atoms with E-state index in [1.807, 2.05) is 0 Å². The summed E-state index contributed by atoms with van der Waals surface area (Å²) in [6.45, 7) is 5.35. The molecule has 0 radical (unpaired) electrons. The van der Waals surface area contributed by atoms with Crippen molar-refractivity contribution in [2.24, 2.45) is 0 Å². The fraction of sp³-hybridized carbons (Fsp3) is 0.200. The fourth-order valence-corrected chi connectivity index (χ4v) is 4.12.